The minimum Gasteiger partial charge on any atom is -0.380 e. The normalized spacial score (nSPS) is 24.2. The van der Waals surface area contributed by atoms with Gasteiger partial charge in [0.05, 0.1) is 33.9 Å². The molecule has 3 atom stereocenters. The first kappa shape index (κ1) is 26.9. The summed E-state index contributed by atoms with van der Waals surface area (Å²) in [5.41, 5.74) is 3.13. The summed E-state index contributed by atoms with van der Waals surface area (Å²) in [6.45, 7) is 4.56. The Labute approximate surface area is 235 Å². The Kier molecular flexibility index (Phi) is 7.35. The van der Waals surface area contributed by atoms with Crippen molar-refractivity contribution in [3.63, 3.8) is 0 Å². The number of aromatic nitrogens is 6. The largest absolute Gasteiger partial charge is 0.439 e. The predicted octanol–water partition coefficient (Wildman–Crippen LogP) is 5.44. The SMILES string of the molecule is COC1C[C@@H](CF)N(c2nc3cc(-c4noc(=O)[nH]4)nc(-c4cncc(Cl)c4)c3n2C(C)C2CCC(C)CC2)C1. The summed E-state index contributed by atoms with van der Waals surface area (Å²) in [4.78, 5) is 30.7. The molecule has 10 nitrogen and oxygen atoms in total. The fraction of sp³-hybridized carbons (Fsp3) is 0.536. The Bertz CT molecular complexity index is 1560. The van der Waals surface area contributed by atoms with Gasteiger partial charge in [-0.25, -0.2) is 19.2 Å². The van der Waals surface area contributed by atoms with Crippen molar-refractivity contribution in [3.8, 4) is 22.8 Å². The van der Waals surface area contributed by atoms with Gasteiger partial charge in [0.1, 0.15) is 12.4 Å². The van der Waals surface area contributed by atoms with E-state index >= 15 is 0 Å². The van der Waals surface area contributed by atoms with Crippen molar-refractivity contribution in [2.45, 2.75) is 64.1 Å². The molecular formula is C28H33ClFN7O3. The van der Waals surface area contributed by atoms with Crippen LogP contribution in [-0.2, 0) is 4.74 Å². The molecule has 2 unspecified atom stereocenters. The fourth-order valence-electron chi connectivity index (χ4n) is 6.32. The second-order valence-corrected chi connectivity index (χ2v) is 11.6. The van der Waals surface area contributed by atoms with Gasteiger partial charge in [-0.2, -0.15) is 0 Å². The minimum atomic E-state index is -0.678. The molecule has 4 aromatic heterocycles. The van der Waals surface area contributed by atoms with Crippen LogP contribution in [0.3, 0.4) is 0 Å². The van der Waals surface area contributed by atoms with Crippen LogP contribution in [0.5, 0.6) is 0 Å². The molecule has 1 aliphatic carbocycles. The van der Waals surface area contributed by atoms with Gasteiger partial charge in [-0.05, 0) is 50.2 Å². The number of anilines is 1. The summed E-state index contributed by atoms with van der Waals surface area (Å²) in [5, 5.41) is 4.32. The van der Waals surface area contributed by atoms with Crippen LogP contribution in [-0.4, -0.2) is 62.1 Å². The molecule has 0 bridgehead atoms. The number of aromatic amines is 1. The van der Waals surface area contributed by atoms with Gasteiger partial charge in [0.25, 0.3) is 0 Å². The van der Waals surface area contributed by atoms with Gasteiger partial charge in [-0.15, -0.1) is 0 Å². The molecule has 5 heterocycles. The van der Waals surface area contributed by atoms with Crippen molar-refractivity contribution in [2.24, 2.45) is 11.8 Å². The van der Waals surface area contributed by atoms with E-state index in [-0.39, 0.29) is 24.0 Å². The molecule has 1 saturated carbocycles. The maximum absolute atomic E-state index is 14.4. The Balaban J connectivity index is 1.61. The average molecular weight is 570 g/mol. The maximum Gasteiger partial charge on any atom is 0.439 e. The van der Waals surface area contributed by atoms with E-state index in [2.05, 4.69) is 33.5 Å². The Morgan fingerprint density at radius 1 is 1.23 bits per heavy atom. The van der Waals surface area contributed by atoms with Gasteiger partial charge in [-0.3, -0.25) is 14.5 Å². The number of hydrogen-bond acceptors (Lipinski definition) is 8. The monoisotopic (exact) mass is 569 g/mol. The number of alkyl halides is 1. The summed E-state index contributed by atoms with van der Waals surface area (Å²) in [6, 6.07) is 3.31. The number of halogens is 2. The quantitative estimate of drug-likeness (QED) is 0.313. The smallest absolute Gasteiger partial charge is 0.380 e. The first-order valence-electron chi connectivity index (χ1n) is 13.8. The average Bonchev–Trinajstić information content (AvgIpc) is 3.68. The lowest BCUT2D eigenvalue weighted by atomic mass is 9.79. The van der Waals surface area contributed by atoms with E-state index < -0.39 is 12.4 Å². The number of hydrogen-bond donors (Lipinski definition) is 1. The molecule has 0 amide bonds. The van der Waals surface area contributed by atoms with Crippen LogP contribution in [0.25, 0.3) is 33.8 Å². The van der Waals surface area contributed by atoms with Crippen LogP contribution in [0, 0.1) is 11.8 Å². The Morgan fingerprint density at radius 2 is 2.02 bits per heavy atom. The third-order valence-corrected chi connectivity index (χ3v) is 8.81. The van der Waals surface area contributed by atoms with E-state index in [4.69, 9.17) is 30.8 Å². The molecule has 0 radical (unpaired) electrons. The molecule has 6 rings (SSSR count). The number of imidazole rings is 1. The van der Waals surface area contributed by atoms with Crippen molar-refractivity contribution in [2.75, 3.05) is 25.2 Å². The van der Waals surface area contributed by atoms with Crippen molar-refractivity contribution < 1.29 is 13.7 Å². The number of methoxy groups -OCH3 is 1. The first-order valence-corrected chi connectivity index (χ1v) is 14.2. The number of rotatable bonds is 7. The van der Waals surface area contributed by atoms with Crippen molar-refractivity contribution >= 4 is 28.6 Å². The number of nitrogens with one attached hydrogen (secondary N) is 1. The number of H-pyrrole nitrogens is 1. The molecule has 212 valence electrons. The highest BCUT2D eigenvalue weighted by Gasteiger charge is 2.38. The predicted molar refractivity (Wildman–Crippen MR) is 150 cm³/mol. The Hall–Kier alpha value is -3.31. The van der Waals surface area contributed by atoms with Crippen LogP contribution >= 0.6 is 11.6 Å². The van der Waals surface area contributed by atoms with Crippen LogP contribution in [0.2, 0.25) is 5.02 Å². The molecule has 4 aromatic rings. The van der Waals surface area contributed by atoms with E-state index in [9.17, 15) is 9.18 Å². The topological polar surface area (TPSA) is 115 Å². The van der Waals surface area contributed by atoms with Gasteiger partial charge >= 0.3 is 5.76 Å². The van der Waals surface area contributed by atoms with E-state index in [0.717, 1.165) is 18.4 Å². The highest BCUT2D eigenvalue weighted by Crippen LogP contribution is 2.43. The number of nitrogens with zero attached hydrogens (tertiary/aromatic N) is 6. The molecule has 2 fully saturated rings. The third-order valence-electron chi connectivity index (χ3n) is 8.61. The highest BCUT2D eigenvalue weighted by molar-refractivity contribution is 6.30. The van der Waals surface area contributed by atoms with E-state index in [1.54, 1.807) is 31.6 Å². The van der Waals surface area contributed by atoms with Gasteiger partial charge in [-0.1, -0.05) is 36.5 Å². The summed E-state index contributed by atoms with van der Waals surface area (Å²) in [5.74, 6) is 1.33. The van der Waals surface area contributed by atoms with Crippen LogP contribution < -0.4 is 10.7 Å². The van der Waals surface area contributed by atoms with Crippen molar-refractivity contribution in [3.05, 3.63) is 40.1 Å². The second kappa shape index (κ2) is 10.9. The molecular weight excluding hydrogens is 537 g/mol. The standard InChI is InChI=1S/C28H33ClFN7O3/c1-15-4-6-17(7-5-15)16(2)37-25-22(33-27(37)36-14-21(39-3)9-20(36)11-30)10-23(26-34-28(38)40-35-26)32-24(25)18-8-19(29)13-31-12-18/h8,10,12-13,15-17,20-21H,4-7,9,11,14H2,1-3H3,(H,34,35,38)/t15?,16?,17?,20-,21?/m0/s1. The Morgan fingerprint density at radius 3 is 2.70 bits per heavy atom. The number of pyridine rings is 2. The molecule has 12 heteroatoms. The summed E-state index contributed by atoms with van der Waals surface area (Å²) in [6.07, 6.45) is 8.32. The molecule has 1 aliphatic heterocycles. The lowest BCUT2D eigenvalue weighted by molar-refractivity contribution is 0.117. The van der Waals surface area contributed by atoms with E-state index in [0.29, 0.717) is 58.2 Å². The van der Waals surface area contributed by atoms with Crippen molar-refractivity contribution in [1.82, 2.24) is 29.7 Å². The van der Waals surface area contributed by atoms with Crippen LogP contribution in [0.4, 0.5) is 10.3 Å². The van der Waals surface area contributed by atoms with Gasteiger partial charge in [0.2, 0.25) is 11.8 Å². The molecule has 2 aliphatic rings. The summed E-state index contributed by atoms with van der Waals surface area (Å²) >= 11 is 6.37. The van der Waals surface area contributed by atoms with E-state index in [1.807, 2.05) is 4.90 Å². The first-order chi connectivity index (χ1) is 19.4. The second-order valence-electron chi connectivity index (χ2n) is 11.2. The lowest BCUT2D eigenvalue weighted by Gasteiger charge is -2.34. The highest BCUT2D eigenvalue weighted by atomic mass is 35.5. The fourth-order valence-corrected chi connectivity index (χ4v) is 6.49. The zero-order valence-electron chi connectivity index (χ0n) is 22.8. The third kappa shape index (κ3) is 4.89. The van der Waals surface area contributed by atoms with Gasteiger partial charge in [0, 0.05) is 37.7 Å². The lowest BCUT2D eigenvalue weighted by Crippen LogP contribution is -2.35. The van der Waals surface area contributed by atoms with Crippen LogP contribution in [0.15, 0.2) is 33.8 Å². The molecule has 1 N–H and O–H groups in total. The zero-order valence-corrected chi connectivity index (χ0v) is 23.6. The molecule has 1 saturated heterocycles. The summed E-state index contributed by atoms with van der Waals surface area (Å²) in [7, 11) is 1.66. The van der Waals surface area contributed by atoms with Crippen LogP contribution in [0.1, 0.15) is 52.0 Å². The molecule has 40 heavy (non-hydrogen) atoms. The zero-order chi connectivity index (χ0) is 28.0. The molecule has 0 spiro atoms. The molecule has 0 aromatic carbocycles. The number of ether oxygens (including phenoxy) is 1. The summed E-state index contributed by atoms with van der Waals surface area (Å²) < 4.78 is 27.0. The van der Waals surface area contributed by atoms with E-state index in [1.165, 1.54) is 12.8 Å². The minimum absolute atomic E-state index is 0.0692. The maximum atomic E-state index is 14.4. The van der Waals surface area contributed by atoms with Gasteiger partial charge < -0.3 is 14.2 Å². The van der Waals surface area contributed by atoms with Gasteiger partial charge in [0.15, 0.2) is 0 Å². The number of fused-ring (bicyclic) bond motifs is 1. The van der Waals surface area contributed by atoms with Crippen molar-refractivity contribution in [1.29, 1.82) is 0 Å².